The Hall–Kier alpha value is -0.440. The molecule has 4 saturated carbocycles. The number of hydrogen-bond donors (Lipinski definition) is 0. The molecule has 0 aliphatic heterocycles. The lowest BCUT2D eigenvalue weighted by molar-refractivity contribution is -0.107. The van der Waals surface area contributed by atoms with Gasteiger partial charge in [-0.05, 0) is 92.3 Å². The summed E-state index contributed by atoms with van der Waals surface area (Å²) in [5, 5.41) is 0. The fraction of sp³-hybridized carbons (Fsp3) is 0.905. The van der Waals surface area contributed by atoms with E-state index in [-0.39, 0.29) is 0 Å². The smallest absolute Gasteiger partial charge is 0.0203 e. The van der Waals surface area contributed by atoms with Gasteiger partial charge in [0.15, 0.2) is 0 Å². The molecule has 0 N–H and O–H groups in total. The van der Waals surface area contributed by atoms with Crippen LogP contribution in [0.5, 0.6) is 0 Å². The molecule has 0 radical (unpaired) electrons. The Bertz CT molecular complexity index is 457. The molecular formula is C21H32. The van der Waals surface area contributed by atoms with Crippen molar-refractivity contribution in [2.75, 3.05) is 0 Å². The van der Waals surface area contributed by atoms with E-state index in [9.17, 15) is 0 Å². The van der Waals surface area contributed by atoms with Crippen LogP contribution < -0.4 is 0 Å². The SMILES string of the molecule is C#C[C@@H]1CC[C@@]2(C)C(CC[C@H]3[C@@H]4CCC[C@@]4(C)CC[C@@H]32)C1. The summed E-state index contributed by atoms with van der Waals surface area (Å²) in [7, 11) is 0. The van der Waals surface area contributed by atoms with Crippen molar-refractivity contribution in [1.82, 2.24) is 0 Å². The molecule has 7 atom stereocenters. The summed E-state index contributed by atoms with van der Waals surface area (Å²) < 4.78 is 0. The van der Waals surface area contributed by atoms with E-state index in [0.29, 0.717) is 16.7 Å². The van der Waals surface area contributed by atoms with Crippen LogP contribution in [0.15, 0.2) is 0 Å². The van der Waals surface area contributed by atoms with E-state index >= 15 is 0 Å². The van der Waals surface area contributed by atoms with Gasteiger partial charge in [0.1, 0.15) is 0 Å². The molecule has 4 aliphatic carbocycles. The zero-order valence-corrected chi connectivity index (χ0v) is 14.0. The molecule has 116 valence electrons. The number of rotatable bonds is 0. The van der Waals surface area contributed by atoms with Crippen LogP contribution in [0.25, 0.3) is 0 Å². The maximum Gasteiger partial charge on any atom is 0.0203 e. The van der Waals surface area contributed by atoms with Crippen molar-refractivity contribution in [2.24, 2.45) is 40.4 Å². The van der Waals surface area contributed by atoms with Crippen LogP contribution in [0.3, 0.4) is 0 Å². The first-order chi connectivity index (χ1) is 10.1. The van der Waals surface area contributed by atoms with Crippen LogP contribution in [0.4, 0.5) is 0 Å². The second-order valence-corrected chi connectivity index (χ2v) is 9.38. The molecular weight excluding hydrogens is 252 g/mol. The first-order valence-electron chi connectivity index (χ1n) is 9.53. The topological polar surface area (TPSA) is 0 Å². The monoisotopic (exact) mass is 284 g/mol. The predicted molar refractivity (Wildman–Crippen MR) is 88.7 cm³/mol. The molecule has 0 aromatic heterocycles. The van der Waals surface area contributed by atoms with Gasteiger partial charge in [0.05, 0.1) is 0 Å². The van der Waals surface area contributed by atoms with Crippen molar-refractivity contribution in [1.29, 1.82) is 0 Å². The summed E-state index contributed by atoms with van der Waals surface area (Å²) in [6.07, 6.45) is 20.4. The minimum Gasteiger partial charge on any atom is -0.120 e. The third-order valence-corrected chi connectivity index (χ3v) is 8.68. The van der Waals surface area contributed by atoms with Gasteiger partial charge in [-0.2, -0.15) is 0 Å². The maximum atomic E-state index is 5.74. The van der Waals surface area contributed by atoms with E-state index < -0.39 is 0 Å². The van der Waals surface area contributed by atoms with Crippen molar-refractivity contribution in [3.05, 3.63) is 0 Å². The second-order valence-electron chi connectivity index (χ2n) is 9.38. The number of fused-ring (bicyclic) bond motifs is 5. The van der Waals surface area contributed by atoms with Gasteiger partial charge in [-0.1, -0.05) is 20.3 Å². The molecule has 0 heterocycles. The number of terminal acetylenes is 1. The van der Waals surface area contributed by atoms with Crippen molar-refractivity contribution < 1.29 is 0 Å². The summed E-state index contributed by atoms with van der Waals surface area (Å²) in [4.78, 5) is 0. The van der Waals surface area contributed by atoms with E-state index in [0.717, 1.165) is 23.7 Å². The minimum absolute atomic E-state index is 0.583. The second kappa shape index (κ2) is 4.78. The van der Waals surface area contributed by atoms with E-state index in [1.807, 2.05) is 0 Å². The average molecular weight is 284 g/mol. The van der Waals surface area contributed by atoms with E-state index in [2.05, 4.69) is 19.8 Å². The Morgan fingerprint density at radius 3 is 2.57 bits per heavy atom. The third kappa shape index (κ3) is 1.95. The van der Waals surface area contributed by atoms with Crippen molar-refractivity contribution in [2.45, 2.75) is 78.1 Å². The van der Waals surface area contributed by atoms with Gasteiger partial charge in [0.2, 0.25) is 0 Å². The first kappa shape index (κ1) is 14.2. The molecule has 0 amide bonds. The Labute approximate surface area is 131 Å². The van der Waals surface area contributed by atoms with Crippen LogP contribution in [-0.2, 0) is 0 Å². The van der Waals surface area contributed by atoms with Crippen molar-refractivity contribution in [3.63, 3.8) is 0 Å². The molecule has 4 aliphatic rings. The fourth-order valence-electron chi connectivity index (χ4n) is 7.40. The van der Waals surface area contributed by atoms with Crippen LogP contribution in [0.2, 0.25) is 0 Å². The molecule has 0 spiro atoms. The highest BCUT2D eigenvalue weighted by Crippen LogP contribution is 2.66. The summed E-state index contributed by atoms with van der Waals surface area (Å²) in [6, 6.07) is 0. The van der Waals surface area contributed by atoms with E-state index in [1.54, 1.807) is 0 Å². The Balaban J connectivity index is 1.60. The highest BCUT2D eigenvalue weighted by atomic mass is 14.6. The summed E-state index contributed by atoms with van der Waals surface area (Å²) in [5.74, 6) is 7.71. The molecule has 0 aromatic carbocycles. The van der Waals surface area contributed by atoms with Crippen LogP contribution >= 0.6 is 0 Å². The quantitative estimate of drug-likeness (QED) is 0.503. The zero-order valence-electron chi connectivity index (χ0n) is 14.0. The van der Waals surface area contributed by atoms with E-state index in [1.165, 1.54) is 64.2 Å². The molecule has 1 unspecified atom stereocenters. The highest BCUT2D eigenvalue weighted by molar-refractivity contribution is 5.09. The normalized spacial score (nSPS) is 56.0. The first-order valence-corrected chi connectivity index (χ1v) is 9.53. The van der Waals surface area contributed by atoms with Crippen LogP contribution in [0.1, 0.15) is 78.1 Å². The highest BCUT2D eigenvalue weighted by Gasteiger charge is 2.57. The molecule has 0 saturated heterocycles. The van der Waals surface area contributed by atoms with Gasteiger partial charge in [0, 0.05) is 5.92 Å². The molecule has 4 rings (SSSR count). The van der Waals surface area contributed by atoms with Crippen LogP contribution in [0, 0.1) is 52.8 Å². The van der Waals surface area contributed by atoms with Gasteiger partial charge in [-0.3, -0.25) is 0 Å². The summed E-state index contributed by atoms with van der Waals surface area (Å²) in [6.45, 7) is 5.27. The van der Waals surface area contributed by atoms with Gasteiger partial charge in [0.25, 0.3) is 0 Å². The average Bonchev–Trinajstić information content (AvgIpc) is 2.88. The molecule has 0 nitrogen and oxygen atoms in total. The largest absolute Gasteiger partial charge is 0.120 e. The van der Waals surface area contributed by atoms with Crippen molar-refractivity contribution >= 4 is 0 Å². The molecule has 21 heavy (non-hydrogen) atoms. The maximum absolute atomic E-state index is 5.74. The van der Waals surface area contributed by atoms with Crippen LogP contribution in [-0.4, -0.2) is 0 Å². The fourth-order valence-corrected chi connectivity index (χ4v) is 7.40. The standard InChI is InChI=1S/C21H32/c1-4-15-9-13-21(3)16(14-15)7-8-17-18-6-5-11-20(18,2)12-10-19(17)21/h1,15-19H,5-14H2,2-3H3/t15-,16?,17+,18+,19+,20+,21+/m1/s1. The Morgan fingerprint density at radius 1 is 0.905 bits per heavy atom. The lowest BCUT2D eigenvalue weighted by atomic mass is 9.45. The minimum atomic E-state index is 0.583. The van der Waals surface area contributed by atoms with Gasteiger partial charge >= 0.3 is 0 Å². The van der Waals surface area contributed by atoms with E-state index in [4.69, 9.17) is 6.42 Å². The molecule has 0 bridgehead atoms. The Kier molecular flexibility index (Phi) is 3.22. The lowest BCUT2D eigenvalue weighted by Crippen LogP contribution is -2.52. The van der Waals surface area contributed by atoms with Gasteiger partial charge in [-0.25, -0.2) is 0 Å². The third-order valence-electron chi connectivity index (χ3n) is 8.68. The molecule has 4 fully saturated rings. The summed E-state index contributed by atoms with van der Waals surface area (Å²) in [5.41, 5.74) is 1.33. The zero-order chi connectivity index (χ0) is 14.7. The van der Waals surface area contributed by atoms with Gasteiger partial charge < -0.3 is 0 Å². The predicted octanol–water partition coefficient (Wildman–Crippen LogP) is 5.67. The lowest BCUT2D eigenvalue weighted by Gasteiger charge is -2.60. The molecule has 0 heteroatoms. The van der Waals surface area contributed by atoms with Crippen molar-refractivity contribution in [3.8, 4) is 12.3 Å². The van der Waals surface area contributed by atoms with Gasteiger partial charge in [-0.15, -0.1) is 12.3 Å². The number of hydrogen-bond acceptors (Lipinski definition) is 0. The summed E-state index contributed by atoms with van der Waals surface area (Å²) >= 11 is 0. The molecule has 0 aromatic rings. The Morgan fingerprint density at radius 2 is 1.76 bits per heavy atom.